The third-order valence-electron chi connectivity index (χ3n) is 4.05. The lowest BCUT2D eigenvalue weighted by Gasteiger charge is -2.12. The summed E-state index contributed by atoms with van der Waals surface area (Å²) in [5.74, 6) is -1.11. The Bertz CT molecular complexity index is 1200. The Kier molecular flexibility index (Phi) is 6.39. The van der Waals surface area contributed by atoms with Gasteiger partial charge in [0, 0.05) is 16.9 Å². The molecule has 7 nitrogen and oxygen atoms in total. The van der Waals surface area contributed by atoms with Crippen molar-refractivity contribution in [2.45, 2.75) is 4.90 Å². The minimum Gasteiger partial charge on any atom is -0.465 e. The second kappa shape index (κ2) is 8.98. The Morgan fingerprint density at radius 2 is 1.57 bits per heavy atom. The van der Waals surface area contributed by atoms with Crippen LogP contribution in [0.2, 0.25) is 5.02 Å². The molecule has 30 heavy (non-hydrogen) atoms. The van der Waals surface area contributed by atoms with Crippen LogP contribution in [-0.2, 0) is 14.8 Å². The van der Waals surface area contributed by atoms with Gasteiger partial charge in [-0.15, -0.1) is 0 Å². The largest absolute Gasteiger partial charge is 0.465 e. The van der Waals surface area contributed by atoms with Crippen LogP contribution < -0.4 is 10.0 Å². The maximum absolute atomic E-state index is 12.7. The standard InChI is InChI=1S/C21H17ClN2O5S/c1-29-21(26)15-6-5-9-17(12-15)23-20(25)14-10-11-18(22)19(13-14)30(27,28)24-16-7-3-2-4-8-16/h2-13,24H,1H3,(H,23,25). The SMILES string of the molecule is COC(=O)c1cccc(NC(=O)c2ccc(Cl)c(S(=O)(=O)Nc3ccccc3)c2)c1. The third kappa shape index (κ3) is 4.97. The zero-order valence-corrected chi connectivity index (χ0v) is 17.3. The van der Waals surface area contributed by atoms with Crippen LogP contribution in [0.4, 0.5) is 11.4 Å². The summed E-state index contributed by atoms with van der Waals surface area (Å²) in [5, 5.41) is 2.60. The minimum atomic E-state index is -4.02. The summed E-state index contributed by atoms with van der Waals surface area (Å²) in [4.78, 5) is 24.0. The van der Waals surface area contributed by atoms with E-state index >= 15 is 0 Å². The highest BCUT2D eigenvalue weighted by Gasteiger charge is 2.20. The molecule has 0 radical (unpaired) electrons. The van der Waals surface area contributed by atoms with Gasteiger partial charge in [-0.3, -0.25) is 9.52 Å². The molecule has 3 aromatic carbocycles. The van der Waals surface area contributed by atoms with Crippen molar-refractivity contribution in [2.75, 3.05) is 17.1 Å². The van der Waals surface area contributed by atoms with E-state index in [-0.39, 0.29) is 21.0 Å². The van der Waals surface area contributed by atoms with Crippen LogP contribution in [0.3, 0.4) is 0 Å². The molecular weight excluding hydrogens is 428 g/mol. The van der Waals surface area contributed by atoms with E-state index in [1.807, 2.05) is 0 Å². The Morgan fingerprint density at radius 1 is 0.867 bits per heavy atom. The van der Waals surface area contributed by atoms with E-state index in [2.05, 4.69) is 14.8 Å². The predicted octanol–water partition coefficient (Wildman–Crippen LogP) is 4.18. The van der Waals surface area contributed by atoms with E-state index in [0.29, 0.717) is 11.4 Å². The van der Waals surface area contributed by atoms with Gasteiger partial charge in [0.25, 0.3) is 15.9 Å². The molecule has 0 aliphatic heterocycles. The first-order valence-electron chi connectivity index (χ1n) is 8.67. The Morgan fingerprint density at radius 3 is 2.27 bits per heavy atom. The fourth-order valence-electron chi connectivity index (χ4n) is 2.61. The molecule has 0 unspecified atom stereocenters. The maximum atomic E-state index is 12.7. The van der Waals surface area contributed by atoms with Crippen LogP contribution in [0.1, 0.15) is 20.7 Å². The summed E-state index contributed by atoms with van der Waals surface area (Å²) in [6.07, 6.45) is 0. The minimum absolute atomic E-state index is 0.0253. The van der Waals surface area contributed by atoms with Gasteiger partial charge >= 0.3 is 5.97 Å². The van der Waals surface area contributed by atoms with Crippen LogP contribution in [0.5, 0.6) is 0 Å². The van der Waals surface area contributed by atoms with Crippen molar-refractivity contribution in [3.05, 3.63) is 88.9 Å². The second-order valence-corrected chi connectivity index (χ2v) is 8.20. The van der Waals surface area contributed by atoms with E-state index in [4.69, 9.17) is 11.6 Å². The molecule has 9 heteroatoms. The highest BCUT2D eigenvalue weighted by Crippen LogP contribution is 2.25. The lowest BCUT2D eigenvalue weighted by molar-refractivity contribution is 0.0600. The van der Waals surface area contributed by atoms with Crippen molar-refractivity contribution in [1.29, 1.82) is 0 Å². The Labute approximate surface area is 178 Å². The topological polar surface area (TPSA) is 102 Å². The van der Waals surface area contributed by atoms with Gasteiger partial charge in [0.1, 0.15) is 4.90 Å². The number of esters is 1. The van der Waals surface area contributed by atoms with Crippen molar-refractivity contribution >= 4 is 44.9 Å². The highest BCUT2D eigenvalue weighted by atomic mass is 35.5. The fraction of sp³-hybridized carbons (Fsp3) is 0.0476. The molecule has 0 atom stereocenters. The summed E-state index contributed by atoms with van der Waals surface area (Å²) >= 11 is 6.08. The van der Waals surface area contributed by atoms with Crippen molar-refractivity contribution in [3.8, 4) is 0 Å². The number of carbonyl (C=O) groups is 2. The fourth-order valence-corrected chi connectivity index (χ4v) is 4.20. The van der Waals surface area contributed by atoms with Crippen LogP contribution in [0.15, 0.2) is 77.7 Å². The van der Waals surface area contributed by atoms with E-state index < -0.39 is 21.9 Å². The monoisotopic (exact) mass is 444 g/mol. The number of nitrogens with one attached hydrogen (secondary N) is 2. The van der Waals surface area contributed by atoms with Gasteiger partial charge < -0.3 is 10.1 Å². The summed E-state index contributed by atoms with van der Waals surface area (Å²) in [7, 11) is -2.76. The lowest BCUT2D eigenvalue weighted by Crippen LogP contribution is -2.16. The molecule has 0 saturated carbocycles. The Balaban J connectivity index is 1.86. The van der Waals surface area contributed by atoms with Gasteiger partial charge in [0.2, 0.25) is 0 Å². The smallest absolute Gasteiger partial charge is 0.337 e. The van der Waals surface area contributed by atoms with Crippen molar-refractivity contribution < 1.29 is 22.7 Å². The molecule has 0 spiro atoms. The first-order chi connectivity index (χ1) is 14.3. The number of anilines is 2. The molecule has 0 bridgehead atoms. The molecule has 0 fully saturated rings. The predicted molar refractivity (Wildman–Crippen MR) is 114 cm³/mol. The van der Waals surface area contributed by atoms with Gasteiger partial charge in [-0.2, -0.15) is 0 Å². The number of carbonyl (C=O) groups excluding carboxylic acids is 2. The van der Waals surface area contributed by atoms with Crippen LogP contribution in [0, 0.1) is 0 Å². The second-order valence-electron chi connectivity index (χ2n) is 6.14. The van der Waals surface area contributed by atoms with Gasteiger partial charge in [-0.1, -0.05) is 35.9 Å². The number of rotatable bonds is 6. The van der Waals surface area contributed by atoms with Crippen LogP contribution >= 0.6 is 11.6 Å². The zero-order valence-electron chi connectivity index (χ0n) is 15.8. The molecule has 154 valence electrons. The first kappa shape index (κ1) is 21.4. The third-order valence-corrected chi connectivity index (χ3v) is 5.91. The van der Waals surface area contributed by atoms with E-state index in [1.165, 1.54) is 31.4 Å². The number of hydrogen-bond donors (Lipinski definition) is 2. The summed E-state index contributed by atoms with van der Waals surface area (Å²) in [6, 6.07) is 18.4. The van der Waals surface area contributed by atoms with Gasteiger partial charge in [0.05, 0.1) is 17.7 Å². The van der Waals surface area contributed by atoms with Gasteiger partial charge in [-0.05, 0) is 48.5 Å². The zero-order chi connectivity index (χ0) is 21.7. The number of hydrogen-bond acceptors (Lipinski definition) is 5. The number of benzene rings is 3. The molecule has 0 aliphatic rings. The van der Waals surface area contributed by atoms with Crippen molar-refractivity contribution in [1.82, 2.24) is 0 Å². The quantitative estimate of drug-likeness (QED) is 0.555. The van der Waals surface area contributed by atoms with Crippen LogP contribution in [0.25, 0.3) is 0 Å². The number of methoxy groups -OCH3 is 1. The van der Waals surface area contributed by atoms with Gasteiger partial charge in [-0.25, -0.2) is 13.2 Å². The number of ether oxygens (including phenoxy) is 1. The summed E-state index contributed by atoms with van der Waals surface area (Å²) in [5.41, 5.74) is 1.06. The summed E-state index contributed by atoms with van der Waals surface area (Å²) in [6.45, 7) is 0. The molecule has 2 N–H and O–H groups in total. The normalized spacial score (nSPS) is 10.9. The molecule has 0 saturated heterocycles. The average molecular weight is 445 g/mol. The maximum Gasteiger partial charge on any atom is 0.337 e. The highest BCUT2D eigenvalue weighted by molar-refractivity contribution is 7.92. The molecular formula is C21H17ClN2O5S. The number of sulfonamides is 1. The lowest BCUT2D eigenvalue weighted by atomic mass is 10.1. The Hall–Kier alpha value is -3.36. The number of para-hydroxylation sites is 1. The van der Waals surface area contributed by atoms with Crippen LogP contribution in [-0.4, -0.2) is 27.4 Å². The van der Waals surface area contributed by atoms with E-state index in [1.54, 1.807) is 48.5 Å². The molecule has 0 heterocycles. The summed E-state index contributed by atoms with van der Waals surface area (Å²) < 4.78 is 32.5. The average Bonchev–Trinajstić information content (AvgIpc) is 2.74. The van der Waals surface area contributed by atoms with E-state index in [0.717, 1.165) is 0 Å². The number of halogens is 1. The first-order valence-corrected chi connectivity index (χ1v) is 10.5. The molecule has 0 aromatic heterocycles. The van der Waals surface area contributed by atoms with Crippen molar-refractivity contribution in [2.24, 2.45) is 0 Å². The van der Waals surface area contributed by atoms with E-state index in [9.17, 15) is 18.0 Å². The van der Waals surface area contributed by atoms with Crippen molar-refractivity contribution in [3.63, 3.8) is 0 Å². The molecule has 1 amide bonds. The molecule has 3 aromatic rings. The number of amides is 1. The molecule has 3 rings (SSSR count). The molecule has 0 aliphatic carbocycles. The van der Waals surface area contributed by atoms with Gasteiger partial charge in [0.15, 0.2) is 0 Å².